The molecule has 4 aliphatic carbocycles. The molecule has 4 aliphatic rings. The van der Waals surface area contributed by atoms with E-state index in [0.29, 0.717) is 41.1 Å². The first-order valence-electron chi connectivity index (χ1n) is 15.3. The summed E-state index contributed by atoms with van der Waals surface area (Å²) in [5.41, 5.74) is 9.91. The number of hydrogen-bond acceptors (Lipinski definition) is 6. The largest absolute Gasteiger partial charge is 0.385 e. The van der Waals surface area contributed by atoms with E-state index in [1.807, 2.05) is 6.07 Å². The van der Waals surface area contributed by atoms with E-state index in [4.69, 9.17) is 10.7 Å². The molecule has 7 heteroatoms. The van der Waals surface area contributed by atoms with Crippen LogP contribution in [0.2, 0.25) is 0 Å². The Morgan fingerprint density at radius 1 is 1.02 bits per heavy atom. The number of primary amides is 1. The smallest absolute Gasteiger partial charge is 0.221 e. The number of rotatable bonds is 13. The SMILES string of the molecule is C/C=C(\C(=NCC1CC(CNc2ccc3c(c2)C(=O)C(C(CCC=O)C(N)=O)C3=O)C1)C1CC1)C1CCCCC1. The normalized spacial score (nSPS) is 26.3. The first kappa shape index (κ1) is 28.4. The van der Waals surface area contributed by atoms with Gasteiger partial charge in [0.1, 0.15) is 6.29 Å². The molecule has 0 spiro atoms. The second kappa shape index (κ2) is 12.6. The van der Waals surface area contributed by atoms with Gasteiger partial charge in [0.05, 0.1) is 11.8 Å². The number of ketones is 2. The van der Waals surface area contributed by atoms with Crippen LogP contribution in [-0.2, 0) is 9.59 Å². The van der Waals surface area contributed by atoms with E-state index in [1.165, 1.54) is 56.2 Å². The number of carbonyl (C=O) groups is 4. The third kappa shape index (κ3) is 6.13. The van der Waals surface area contributed by atoms with E-state index in [0.717, 1.165) is 31.6 Å². The average Bonchev–Trinajstić information content (AvgIpc) is 3.75. The van der Waals surface area contributed by atoms with Crippen LogP contribution in [0.4, 0.5) is 5.69 Å². The van der Waals surface area contributed by atoms with Crippen molar-refractivity contribution in [2.45, 2.75) is 77.6 Å². The van der Waals surface area contributed by atoms with Crippen LogP contribution < -0.4 is 11.1 Å². The Kier molecular flexibility index (Phi) is 8.97. The summed E-state index contributed by atoms with van der Waals surface area (Å²) in [6.07, 6.45) is 14.8. The number of carbonyl (C=O) groups excluding carboxylic acids is 4. The molecule has 7 nitrogen and oxygen atoms in total. The molecular weight excluding hydrogens is 502 g/mol. The molecule has 0 aromatic heterocycles. The quantitative estimate of drug-likeness (QED) is 0.191. The third-order valence-electron chi connectivity index (χ3n) is 9.54. The van der Waals surface area contributed by atoms with Gasteiger partial charge < -0.3 is 15.8 Å². The standard InChI is InChI=1S/C33H43N3O4/c1-2-25(22-7-4-3-5-8-22)30(23-10-11-23)36-19-21-15-20(16-21)18-35-24-12-13-26-28(17-24)32(39)29(31(26)38)27(33(34)40)9-6-14-37/h2,12-14,17,20-23,27,29,35H,3-11,15-16,18-19H2,1H3,(H2,34,40)/b25-2-,36-30?. The lowest BCUT2D eigenvalue weighted by Gasteiger charge is -2.35. The van der Waals surface area contributed by atoms with Crippen molar-refractivity contribution in [3.8, 4) is 0 Å². The predicted octanol–water partition coefficient (Wildman–Crippen LogP) is 5.58. The molecule has 2 unspecified atom stereocenters. The van der Waals surface area contributed by atoms with Gasteiger partial charge in [-0.05, 0) is 93.4 Å². The lowest BCUT2D eigenvalue weighted by molar-refractivity contribution is -0.123. The second-order valence-electron chi connectivity index (χ2n) is 12.4. The lowest BCUT2D eigenvalue weighted by atomic mass is 9.74. The van der Waals surface area contributed by atoms with Crippen molar-refractivity contribution < 1.29 is 19.2 Å². The molecule has 1 aromatic rings. The molecule has 3 N–H and O–H groups in total. The number of allylic oxidation sites excluding steroid dienone is 2. The van der Waals surface area contributed by atoms with Gasteiger partial charge in [0, 0.05) is 48.0 Å². The number of nitrogens with two attached hydrogens (primary N) is 1. The number of benzene rings is 1. The molecule has 214 valence electrons. The maximum atomic E-state index is 13.1. The van der Waals surface area contributed by atoms with Crippen molar-refractivity contribution in [1.29, 1.82) is 0 Å². The Balaban J connectivity index is 1.13. The molecule has 1 amide bonds. The van der Waals surface area contributed by atoms with Crippen LogP contribution in [0.5, 0.6) is 0 Å². The third-order valence-corrected chi connectivity index (χ3v) is 9.54. The number of nitrogens with one attached hydrogen (secondary N) is 1. The summed E-state index contributed by atoms with van der Waals surface area (Å²) < 4.78 is 0. The molecule has 0 heterocycles. The summed E-state index contributed by atoms with van der Waals surface area (Å²) in [5.74, 6) is -0.982. The number of amides is 1. The summed E-state index contributed by atoms with van der Waals surface area (Å²) in [5, 5.41) is 3.45. The number of nitrogens with zero attached hydrogens (tertiary/aromatic N) is 1. The highest BCUT2D eigenvalue weighted by Crippen LogP contribution is 2.41. The zero-order valence-electron chi connectivity index (χ0n) is 23.7. The second-order valence-corrected chi connectivity index (χ2v) is 12.4. The highest BCUT2D eigenvalue weighted by Gasteiger charge is 2.45. The summed E-state index contributed by atoms with van der Waals surface area (Å²) in [6.45, 7) is 3.93. The minimum atomic E-state index is -1.13. The van der Waals surface area contributed by atoms with Gasteiger partial charge in [0.2, 0.25) is 5.91 Å². The van der Waals surface area contributed by atoms with Crippen molar-refractivity contribution in [1.82, 2.24) is 0 Å². The van der Waals surface area contributed by atoms with Crippen LogP contribution in [0.15, 0.2) is 34.8 Å². The van der Waals surface area contributed by atoms with Gasteiger partial charge >= 0.3 is 0 Å². The van der Waals surface area contributed by atoms with Crippen LogP contribution in [0.1, 0.15) is 98.3 Å². The molecule has 0 radical (unpaired) electrons. The van der Waals surface area contributed by atoms with Gasteiger partial charge in [0.25, 0.3) is 0 Å². The monoisotopic (exact) mass is 545 g/mol. The number of anilines is 1. The van der Waals surface area contributed by atoms with Crippen LogP contribution in [0, 0.1) is 35.5 Å². The van der Waals surface area contributed by atoms with Crippen LogP contribution in [-0.4, -0.2) is 42.6 Å². The fraction of sp³-hybridized carbons (Fsp3) is 0.606. The Bertz CT molecular complexity index is 1200. The molecule has 40 heavy (non-hydrogen) atoms. The Morgan fingerprint density at radius 3 is 2.40 bits per heavy atom. The molecule has 2 atom stereocenters. The van der Waals surface area contributed by atoms with Crippen molar-refractivity contribution in [2.75, 3.05) is 18.4 Å². The van der Waals surface area contributed by atoms with Gasteiger partial charge in [-0.15, -0.1) is 0 Å². The van der Waals surface area contributed by atoms with Crippen molar-refractivity contribution in [3.63, 3.8) is 0 Å². The molecule has 3 fully saturated rings. The minimum absolute atomic E-state index is 0.0837. The van der Waals surface area contributed by atoms with Crippen LogP contribution in [0.25, 0.3) is 0 Å². The van der Waals surface area contributed by atoms with Gasteiger partial charge in [-0.2, -0.15) is 0 Å². The Morgan fingerprint density at radius 2 is 1.75 bits per heavy atom. The van der Waals surface area contributed by atoms with E-state index >= 15 is 0 Å². The van der Waals surface area contributed by atoms with Crippen LogP contribution in [0.3, 0.4) is 0 Å². The fourth-order valence-electron chi connectivity index (χ4n) is 7.11. The fourth-order valence-corrected chi connectivity index (χ4v) is 7.11. The van der Waals surface area contributed by atoms with Crippen molar-refractivity contribution in [2.24, 2.45) is 46.2 Å². The molecular formula is C33H43N3O4. The van der Waals surface area contributed by atoms with Crippen LogP contribution >= 0.6 is 0 Å². The maximum Gasteiger partial charge on any atom is 0.221 e. The summed E-state index contributed by atoms with van der Waals surface area (Å²) in [7, 11) is 0. The molecule has 0 saturated heterocycles. The van der Waals surface area contributed by atoms with Gasteiger partial charge in [-0.1, -0.05) is 25.3 Å². The summed E-state index contributed by atoms with van der Waals surface area (Å²) in [6, 6.07) is 5.21. The number of Topliss-reactive ketones (excluding diaryl/α,β-unsaturated/α-hetero) is 2. The number of fused-ring (bicyclic) bond motifs is 1. The maximum absolute atomic E-state index is 13.1. The Hall–Kier alpha value is -3.09. The summed E-state index contributed by atoms with van der Waals surface area (Å²) >= 11 is 0. The van der Waals surface area contributed by atoms with E-state index in [9.17, 15) is 19.2 Å². The van der Waals surface area contributed by atoms with Gasteiger partial charge in [-0.25, -0.2) is 0 Å². The molecule has 5 rings (SSSR count). The highest BCUT2D eigenvalue weighted by molar-refractivity contribution is 6.28. The van der Waals surface area contributed by atoms with E-state index in [-0.39, 0.29) is 24.4 Å². The van der Waals surface area contributed by atoms with Gasteiger partial charge in [0.15, 0.2) is 11.6 Å². The molecule has 1 aromatic carbocycles. The zero-order valence-corrected chi connectivity index (χ0v) is 23.7. The Labute approximate surface area is 237 Å². The van der Waals surface area contributed by atoms with Crippen molar-refractivity contribution in [3.05, 3.63) is 41.0 Å². The first-order valence-corrected chi connectivity index (χ1v) is 15.3. The predicted molar refractivity (Wildman–Crippen MR) is 157 cm³/mol. The number of aldehydes is 1. The topological polar surface area (TPSA) is 119 Å². The van der Waals surface area contributed by atoms with Gasteiger partial charge in [-0.3, -0.25) is 19.4 Å². The van der Waals surface area contributed by atoms with Crippen molar-refractivity contribution >= 4 is 35.2 Å². The summed E-state index contributed by atoms with van der Waals surface area (Å²) in [4.78, 5) is 54.0. The number of aliphatic imine (C=N–C) groups is 1. The molecule has 3 saturated carbocycles. The van der Waals surface area contributed by atoms with E-state index in [1.54, 1.807) is 12.1 Å². The van der Waals surface area contributed by atoms with E-state index < -0.39 is 17.7 Å². The first-order chi connectivity index (χ1) is 19.4. The lowest BCUT2D eigenvalue weighted by Crippen LogP contribution is -2.35. The highest BCUT2D eigenvalue weighted by atomic mass is 16.2. The molecule has 0 bridgehead atoms. The molecule has 0 aliphatic heterocycles. The van der Waals surface area contributed by atoms with E-state index in [2.05, 4.69) is 18.3 Å². The minimum Gasteiger partial charge on any atom is -0.385 e. The average molecular weight is 546 g/mol. The zero-order chi connectivity index (χ0) is 28.2. The number of hydrogen-bond donors (Lipinski definition) is 2.